The quantitative estimate of drug-likeness (QED) is 0.537. The third kappa shape index (κ3) is 5.39. The van der Waals surface area contributed by atoms with Crippen LogP contribution in [-0.2, 0) is 11.0 Å². The van der Waals surface area contributed by atoms with Gasteiger partial charge in [0.05, 0.1) is 12.1 Å². The highest BCUT2D eigenvalue weighted by molar-refractivity contribution is 6.05. The van der Waals surface area contributed by atoms with Crippen LogP contribution in [-0.4, -0.2) is 35.4 Å². The van der Waals surface area contributed by atoms with Crippen LogP contribution in [0.4, 0.5) is 24.5 Å². The average molecular weight is 443 g/mol. The van der Waals surface area contributed by atoms with Gasteiger partial charge in [-0.25, -0.2) is 9.97 Å². The average Bonchev–Trinajstić information content (AvgIpc) is 2.78. The van der Waals surface area contributed by atoms with E-state index in [0.29, 0.717) is 5.56 Å². The second-order valence-corrected chi connectivity index (χ2v) is 6.90. The van der Waals surface area contributed by atoms with Crippen molar-refractivity contribution in [3.05, 3.63) is 71.8 Å². The molecule has 0 saturated carbocycles. The van der Waals surface area contributed by atoms with E-state index in [1.807, 2.05) is 6.92 Å². The number of anilines is 2. The summed E-state index contributed by atoms with van der Waals surface area (Å²) in [6.07, 6.45) is -0.0781. The lowest BCUT2D eigenvalue weighted by Gasteiger charge is -2.16. The number of carbonyl (C=O) groups is 2. The van der Waals surface area contributed by atoms with Gasteiger partial charge in [-0.1, -0.05) is 6.07 Å². The van der Waals surface area contributed by atoms with Crippen LogP contribution < -0.4 is 16.0 Å². The number of hydrogen-bond acceptors (Lipinski definition) is 5. The van der Waals surface area contributed by atoms with Crippen LogP contribution in [0.3, 0.4) is 0 Å². The fraction of sp³-hybridized carbons (Fsp3) is 0.182. The number of halogens is 3. The van der Waals surface area contributed by atoms with E-state index >= 15 is 0 Å². The Hall–Kier alpha value is -3.95. The van der Waals surface area contributed by atoms with Gasteiger partial charge in [-0.3, -0.25) is 9.59 Å². The third-order valence-electron chi connectivity index (χ3n) is 4.67. The van der Waals surface area contributed by atoms with Crippen molar-refractivity contribution in [1.29, 1.82) is 0 Å². The van der Waals surface area contributed by atoms with Crippen molar-refractivity contribution in [3.8, 4) is 11.1 Å². The molecule has 0 saturated heterocycles. The molecule has 0 atom stereocenters. The van der Waals surface area contributed by atoms with Crippen molar-refractivity contribution in [2.75, 3.05) is 24.2 Å². The first-order valence-electron chi connectivity index (χ1n) is 9.52. The van der Waals surface area contributed by atoms with Crippen molar-refractivity contribution < 1.29 is 22.8 Å². The summed E-state index contributed by atoms with van der Waals surface area (Å²) in [5.41, 5.74) is 1.32. The zero-order valence-electron chi connectivity index (χ0n) is 17.2. The van der Waals surface area contributed by atoms with Crippen LogP contribution in [0, 0.1) is 6.92 Å². The molecule has 1 aromatic heterocycles. The van der Waals surface area contributed by atoms with Crippen molar-refractivity contribution in [1.82, 2.24) is 15.3 Å². The van der Waals surface area contributed by atoms with E-state index < -0.39 is 23.6 Å². The number of benzene rings is 2. The van der Waals surface area contributed by atoms with Crippen molar-refractivity contribution in [3.63, 3.8) is 0 Å². The molecule has 0 bridgehead atoms. The number of hydrogen-bond donors (Lipinski definition) is 3. The van der Waals surface area contributed by atoms with Crippen molar-refractivity contribution >= 4 is 23.2 Å². The van der Waals surface area contributed by atoms with Crippen LogP contribution in [0.25, 0.3) is 11.1 Å². The first-order chi connectivity index (χ1) is 15.2. The summed E-state index contributed by atoms with van der Waals surface area (Å²) in [6, 6.07) is 8.28. The lowest BCUT2D eigenvalue weighted by atomic mass is 10.00. The minimum absolute atomic E-state index is 0.0296. The highest BCUT2D eigenvalue weighted by Gasteiger charge is 2.34. The van der Waals surface area contributed by atoms with E-state index in [9.17, 15) is 22.8 Å². The van der Waals surface area contributed by atoms with Crippen molar-refractivity contribution in [2.45, 2.75) is 13.1 Å². The predicted molar refractivity (Wildman–Crippen MR) is 114 cm³/mol. The van der Waals surface area contributed by atoms with E-state index in [0.717, 1.165) is 17.2 Å². The molecule has 0 aliphatic rings. The number of aromatic nitrogens is 2. The Kier molecular flexibility index (Phi) is 6.72. The Morgan fingerprint density at radius 1 is 1.03 bits per heavy atom. The Balaban J connectivity index is 1.85. The van der Waals surface area contributed by atoms with Crippen LogP contribution in [0.1, 0.15) is 21.5 Å². The molecular formula is C22H20F3N5O2. The van der Waals surface area contributed by atoms with Gasteiger partial charge in [-0.15, -0.1) is 0 Å². The molecule has 0 fully saturated rings. The van der Waals surface area contributed by atoms with Crippen LogP contribution >= 0.6 is 0 Å². The maximum absolute atomic E-state index is 13.5. The fourth-order valence-corrected chi connectivity index (χ4v) is 2.99. The Morgan fingerprint density at radius 2 is 1.75 bits per heavy atom. The second-order valence-electron chi connectivity index (χ2n) is 6.90. The number of alkyl halides is 3. The summed E-state index contributed by atoms with van der Waals surface area (Å²) in [5, 5.41) is 7.27. The molecular weight excluding hydrogens is 423 g/mol. The van der Waals surface area contributed by atoms with Gasteiger partial charge in [0.15, 0.2) is 0 Å². The largest absolute Gasteiger partial charge is 0.418 e. The number of nitrogens with one attached hydrogen (secondary N) is 3. The van der Waals surface area contributed by atoms with Crippen LogP contribution in [0.15, 0.2) is 55.1 Å². The topological polar surface area (TPSA) is 96.0 Å². The first-order valence-corrected chi connectivity index (χ1v) is 9.52. The van der Waals surface area contributed by atoms with E-state index in [2.05, 4.69) is 25.9 Å². The molecule has 0 aliphatic carbocycles. The maximum atomic E-state index is 13.5. The predicted octanol–water partition coefficient (Wildman–Crippen LogP) is 3.88. The molecule has 166 valence electrons. The number of nitrogens with zero attached hydrogens (tertiary/aromatic N) is 2. The standard InChI is InChI=1S/C22H20F3N5O2/c1-13-3-4-14(7-17(13)15-9-27-12-28-10-15)21(32)30-16-5-6-19(29-11-20(31)26-2)18(8-16)22(23,24)25/h3-10,12,29H,11H2,1-2H3,(H,26,31)(H,30,32). The molecule has 0 aliphatic heterocycles. The molecule has 1 heterocycles. The Bertz CT molecular complexity index is 1130. The monoisotopic (exact) mass is 443 g/mol. The molecule has 0 spiro atoms. The van der Waals surface area contributed by atoms with Gasteiger partial charge in [0.2, 0.25) is 5.91 Å². The summed E-state index contributed by atoms with van der Waals surface area (Å²) in [4.78, 5) is 32.0. The smallest absolute Gasteiger partial charge is 0.376 e. The fourth-order valence-electron chi connectivity index (χ4n) is 2.99. The van der Waals surface area contributed by atoms with E-state index in [1.165, 1.54) is 25.5 Å². The lowest BCUT2D eigenvalue weighted by Crippen LogP contribution is -2.27. The minimum Gasteiger partial charge on any atom is -0.376 e. The van der Waals surface area contributed by atoms with Gasteiger partial charge < -0.3 is 16.0 Å². The summed E-state index contributed by atoms with van der Waals surface area (Å²) in [5.74, 6) is -1.03. The van der Waals surface area contributed by atoms with Gasteiger partial charge >= 0.3 is 6.18 Å². The molecule has 0 unspecified atom stereocenters. The molecule has 32 heavy (non-hydrogen) atoms. The summed E-state index contributed by atoms with van der Waals surface area (Å²) in [6.45, 7) is 1.55. The molecule has 10 heteroatoms. The lowest BCUT2D eigenvalue weighted by molar-refractivity contribution is -0.137. The zero-order valence-corrected chi connectivity index (χ0v) is 17.2. The number of amides is 2. The molecule has 3 N–H and O–H groups in total. The van der Waals surface area contributed by atoms with Gasteiger partial charge in [0, 0.05) is 41.9 Å². The summed E-state index contributed by atoms with van der Waals surface area (Å²) < 4.78 is 40.5. The maximum Gasteiger partial charge on any atom is 0.418 e. The molecule has 2 amide bonds. The van der Waals surface area contributed by atoms with Crippen molar-refractivity contribution in [2.24, 2.45) is 0 Å². The third-order valence-corrected chi connectivity index (χ3v) is 4.67. The van der Waals surface area contributed by atoms with Gasteiger partial charge in [-0.2, -0.15) is 13.2 Å². The number of rotatable bonds is 6. The van der Waals surface area contributed by atoms with E-state index in [-0.39, 0.29) is 23.5 Å². The number of carbonyl (C=O) groups excluding carboxylic acids is 2. The number of aryl methyl sites for hydroxylation is 1. The van der Waals surface area contributed by atoms with Gasteiger partial charge in [0.1, 0.15) is 6.33 Å². The van der Waals surface area contributed by atoms with Crippen LogP contribution in [0.2, 0.25) is 0 Å². The normalized spacial score (nSPS) is 11.0. The number of likely N-dealkylation sites (N-methyl/N-ethyl adjacent to an activating group) is 1. The highest BCUT2D eigenvalue weighted by Crippen LogP contribution is 2.36. The zero-order chi connectivity index (χ0) is 23.3. The summed E-state index contributed by atoms with van der Waals surface area (Å²) in [7, 11) is 1.38. The SMILES string of the molecule is CNC(=O)CNc1ccc(NC(=O)c2ccc(C)c(-c3cncnc3)c2)cc1C(F)(F)F. The highest BCUT2D eigenvalue weighted by atomic mass is 19.4. The molecule has 2 aromatic carbocycles. The van der Waals surface area contributed by atoms with Gasteiger partial charge in [0.25, 0.3) is 5.91 Å². The molecule has 3 rings (SSSR count). The van der Waals surface area contributed by atoms with Crippen LogP contribution in [0.5, 0.6) is 0 Å². The molecule has 7 nitrogen and oxygen atoms in total. The minimum atomic E-state index is -4.68. The Labute approximate surface area is 182 Å². The van der Waals surface area contributed by atoms with Gasteiger partial charge in [-0.05, 0) is 48.4 Å². The summed E-state index contributed by atoms with van der Waals surface area (Å²) >= 11 is 0. The van der Waals surface area contributed by atoms with E-state index in [4.69, 9.17) is 0 Å². The first kappa shape index (κ1) is 22.7. The molecule has 3 aromatic rings. The van der Waals surface area contributed by atoms with E-state index in [1.54, 1.807) is 30.6 Å². The second kappa shape index (κ2) is 9.46. The molecule has 0 radical (unpaired) electrons. The Morgan fingerprint density at radius 3 is 2.41 bits per heavy atom.